The number of piperazine rings is 1. The summed E-state index contributed by atoms with van der Waals surface area (Å²) in [6, 6.07) is 2.14. The fourth-order valence-electron chi connectivity index (χ4n) is 2.96. The van der Waals surface area contributed by atoms with E-state index in [1.807, 2.05) is 0 Å². The molecule has 0 radical (unpaired) electrons. The number of halogens is 1. The third-order valence-electron chi connectivity index (χ3n) is 4.44. The topological polar surface area (TPSA) is 42.9 Å². The minimum absolute atomic E-state index is 0. The maximum absolute atomic E-state index is 4.68. The molecule has 1 aromatic heterocycles. The summed E-state index contributed by atoms with van der Waals surface area (Å²) in [5.41, 5.74) is 1.28. The van der Waals surface area contributed by atoms with Crippen LogP contribution in [0, 0.1) is 5.92 Å². The van der Waals surface area contributed by atoms with Crippen LogP contribution in [-0.4, -0.2) is 68.1 Å². The lowest BCUT2D eigenvalue weighted by Crippen LogP contribution is -2.48. The summed E-state index contributed by atoms with van der Waals surface area (Å²) in [5.74, 6) is 1.54. The van der Waals surface area contributed by atoms with E-state index in [1.165, 1.54) is 38.3 Å². The van der Waals surface area contributed by atoms with Gasteiger partial charge in [-0.25, -0.2) is 4.99 Å². The second kappa shape index (κ2) is 12.9. The van der Waals surface area contributed by atoms with E-state index in [2.05, 4.69) is 63.0 Å². The maximum Gasteiger partial charge on any atom is 0.191 e. The molecule has 1 unspecified atom stereocenters. The lowest BCUT2D eigenvalue weighted by atomic mass is 10.1. The molecule has 2 rings (SSSR count). The van der Waals surface area contributed by atoms with Crippen LogP contribution in [0.5, 0.6) is 0 Å². The van der Waals surface area contributed by atoms with Gasteiger partial charge in [0.15, 0.2) is 5.96 Å². The molecule has 1 aliphatic heterocycles. The normalized spacial score (nSPS) is 17.8. The molecule has 2 N–H and O–H groups in total. The molecule has 1 fully saturated rings. The van der Waals surface area contributed by atoms with Crippen LogP contribution in [0.2, 0.25) is 0 Å². The Morgan fingerprint density at radius 3 is 2.52 bits per heavy atom. The van der Waals surface area contributed by atoms with Crippen molar-refractivity contribution in [2.45, 2.75) is 27.3 Å². The predicted molar refractivity (Wildman–Crippen MR) is 120 cm³/mol. The van der Waals surface area contributed by atoms with Gasteiger partial charge < -0.3 is 20.4 Å². The molecule has 2 heterocycles. The molecule has 25 heavy (non-hydrogen) atoms. The summed E-state index contributed by atoms with van der Waals surface area (Å²) in [4.78, 5) is 9.80. The molecule has 0 saturated carbocycles. The van der Waals surface area contributed by atoms with Gasteiger partial charge in [-0.15, -0.1) is 24.0 Å². The number of thiophene rings is 1. The molecule has 1 aromatic rings. The third-order valence-corrected chi connectivity index (χ3v) is 5.18. The van der Waals surface area contributed by atoms with Gasteiger partial charge in [0.05, 0.1) is 6.54 Å². The molecule has 0 amide bonds. The van der Waals surface area contributed by atoms with E-state index < -0.39 is 0 Å². The van der Waals surface area contributed by atoms with Crippen LogP contribution in [-0.2, 0) is 6.54 Å². The molecule has 144 valence electrons. The number of hydrogen-bond donors (Lipinski definition) is 2. The minimum atomic E-state index is 0. The molecule has 0 aliphatic carbocycles. The number of guanidine groups is 1. The quantitative estimate of drug-likeness (QED) is 0.342. The van der Waals surface area contributed by atoms with Gasteiger partial charge in [0.1, 0.15) is 0 Å². The van der Waals surface area contributed by atoms with Crippen molar-refractivity contribution < 1.29 is 0 Å². The van der Waals surface area contributed by atoms with Crippen LogP contribution in [0.15, 0.2) is 21.8 Å². The van der Waals surface area contributed by atoms with Crippen molar-refractivity contribution in [1.29, 1.82) is 0 Å². The van der Waals surface area contributed by atoms with Crippen molar-refractivity contribution in [3.63, 3.8) is 0 Å². The number of nitrogens with zero attached hydrogens (tertiary/aromatic N) is 3. The van der Waals surface area contributed by atoms with Gasteiger partial charge in [0.2, 0.25) is 0 Å². The Labute approximate surface area is 174 Å². The SMILES string of the molecule is CCNC(=NCc1ccsc1)NCC(C)CN1CCN(CC)CC1.I. The van der Waals surface area contributed by atoms with E-state index >= 15 is 0 Å². The van der Waals surface area contributed by atoms with Gasteiger partial charge in [-0.1, -0.05) is 13.8 Å². The first-order valence-corrected chi connectivity index (χ1v) is 10.1. The average Bonchev–Trinajstić information content (AvgIpc) is 3.11. The first-order chi connectivity index (χ1) is 11.7. The molecule has 0 aromatic carbocycles. The number of aliphatic imine (C=N–C) groups is 1. The van der Waals surface area contributed by atoms with Crippen molar-refractivity contribution in [3.8, 4) is 0 Å². The van der Waals surface area contributed by atoms with Crippen LogP contribution in [0.4, 0.5) is 0 Å². The highest BCUT2D eigenvalue weighted by Crippen LogP contribution is 2.07. The summed E-state index contributed by atoms with van der Waals surface area (Å²) in [5, 5.41) is 11.1. The number of hydrogen-bond acceptors (Lipinski definition) is 4. The van der Waals surface area contributed by atoms with Crippen molar-refractivity contribution >= 4 is 41.3 Å². The lowest BCUT2D eigenvalue weighted by Gasteiger charge is -2.35. The summed E-state index contributed by atoms with van der Waals surface area (Å²) in [7, 11) is 0. The first kappa shape index (κ1) is 22.7. The van der Waals surface area contributed by atoms with E-state index in [4.69, 9.17) is 0 Å². The van der Waals surface area contributed by atoms with Crippen molar-refractivity contribution in [3.05, 3.63) is 22.4 Å². The smallest absolute Gasteiger partial charge is 0.191 e. The standard InChI is InChI=1S/C18H33N5S.HI/c1-4-19-18(21-13-17-6-11-24-15-17)20-12-16(3)14-23-9-7-22(5-2)8-10-23;/h6,11,15-16H,4-5,7-10,12-14H2,1-3H3,(H2,19,20,21);1H. The van der Waals surface area contributed by atoms with Gasteiger partial charge in [-0.3, -0.25) is 0 Å². The second-order valence-corrected chi connectivity index (χ2v) is 7.33. The molecule has 0 bridgehead atoms. The monoisotopic (exact) mass is 479 g/mol. The van der Waals surface area contributed by atoms with Gasteiger partial charge in [0.25, 0.3) is 0 Å². The number of nitrogens with one attached hydrogen (secondary N) is 2. The molecular weight excluding hydrogens is 445 g/mol. The van der Waals surface area contributed by atoms with Gasteiger partial charge in [-0.2, -0.15) is 11.3 Å². The highest BCUT2D eigenvalue weighted by Gasteiger charge is 2.17. The summed E-state index contributed by atoms with van der Waals surface area (Å²) < 4.78 is 0. The van der Waals surface area contributed by atoms with E-state index in [1.54, 1.807) is 11.3 Å². The fraction of sp³-hybridized carbons (Fsp3) is 0.722. The van der Waals surface area contributed by atoms with Crippen molar-refractivity contribution in [2.75, 3.05) is 52.4 Å². The van der Waals surface area contributed by atoms with Crippen LogP contribution in [0.3, 0.4) is 0 Å². The highest BCUT2D eigenvalue weighted by atomic mass is 127. The molecule has 1 aliphatic rings. The summed E-state index contributed by atoms with van der Waals surface area (Å²) >= 11 is 1.72. The zero-order valence-electron chi connectivity index (χ0n) is 15.8. The zero-order chi connectivity index (χ0) is 17.2. The average molecular weight is 479 g/mol. The molecule has 1 saturated heterocycles. The van der Waals surface area contributed by atoms with E-state index in [-0.39, 0.29) is 24.0 Å². The molecule has 0 spiro atoms. The van der Waals surface area contributed by atoms with Crippen molar-refractivity contribution in [1.82, 2.24) is 20.4 Å². The Morgan fingerprint density at radius 1 is 1.20 bits per heavy atom. The zero-order valence-corrected chi connectivity index (χ0v) is 19.0. The number of rotatable bonds is 8. The summed E-state index contributed by atoms with van der Waals surface area (Å²) in [6.45, 7) is 16.4. The Balaban J connectivity index is 0.00000312. The van der Waals surface area contributed by atoms with Crippen molar-refractivity contribution in [2.24, 2.45) is 10.9 Å². The Hall–Kier alpha value is -0.380. The van der Waals surface area contributed by atoms with Gasteiger partial charge in [0, 0.05) is 45.8 Å². The lowest BCUT2D eigenvalue weighted by molar-refractivity contribution is 0.124. The fourth-order valence-corrected chi connectivity index (χ4v) is 3.62. The van der Waals surface area contributed by atoms with E-state index in [0.717, 1.165) is 32.1 Å². The second-order valence-electron chi connectivity index (χ2n) is 6.55. The predicted octanol–water partition coefficient (Wildman–Crippen LogP) is 2.69. The highest BCUT2D eigenvalue weighted by molar-refractivity contribution is 14.0. The van der Waals surface area contributed by atoms with Crippen LogP contribution < -0.4 is 10.6 Å². The molecule has 1 atom stereocenters. The Kier molecular flexibility index (Phi) is 11.7. The molecule has 5 nitrogen and oxygen atoms in total. The van der Waals surface area contributed by atoms with Gasteiger partial charge in [-0.05, 0) is 41.8 Å². The minimum Gasteiger partial charge on any atom is -0.357 e. The van der Waals surface area contributed by atoms with Crippen LogP contribution >= 0.6 is 35.3 Å². The third kappa shape index (κ3) is 8.70. The van der Waals surface area contributed by atoms with Crippen LogP contribution in [0.25, 0.3) is 0 Å². The maximum atomic E-state index is 4.68. The first-order valence-electron chi connectivity index (χ1n) is 9.19. The van der Waals surface area contributed by atoms with Gasteiger partial charge >= 0.3 is 0 Å². The molecular formula is C18H34IN5S. The Morgan fingerprint density at radius 2 is 1.92 bits per heavy atom. The van der Waals surface area contributed by atoms with Crippen LogP contribution in [0.1, 0.15) is 26.3 Å². The number of likely N-dealkylation sites (N-methyl/N-ethyl adjacent to an activating group) is 1. The van der Waals surface area contributed by atoms with E-state index in [0.29, 0.717) is 5.92 Å². The molecule has 7 heteroatoms. The summed E-state index contributed by atoms with van der Waals surface area (Å²) in [6.07, 6.45) is 0. The Bertz CT molecular complexity index is 472. The van der Waals surface area contributed by atoms with E-state index in [9.17, 15) is 0 Å². The largest absolute Gasteiger partial charge is 0.357 e.